The summed E-state index contributed by atoms with van der Waals surface area (Å²) in [5.74, 6) is 1.44. The molecule has 3 aromatic rings. The van der Waals surface area contributed by atoms with Crippen LogP contribution in [0.4, 0.5) is 5.82 Å². The number of aromatic nitrogens is 4. The van der Waals surface area contributed by atoms with Crippen molar-refractivity contribution in [1.82, 2.24) is 20.0 Å². The van der Waals surface area contributed by atoms with Crippen LogP contribution in [0.25, 0.3) is 5.82 Å². The highest BCUT2D eigenvalue weighted by Gasteiger charge is 2.33. The highest BCUT2D eigenvalue weighted by atomic mass is 16.5. The molecule has 8 heteroatoms. The Bertz CT molecular complexity index is 1090. The number of hydrogen-bond donors (Lipinski definition) is 2. The molecular weight excluding hydrogens is 358 g/mol. The predicted octanol–water partition coefficient (Wildman–Crippen LogP) is 2.30. The number of amides is 1. The second kappa shape index (κ2) is 7.15. The van der Waals surface area contributed by atoms with E-state index in [9.17, 15) is 9.59 Å². The number of nitrogens with one attached hydrogen (secondary N) is 2. The summed E-state index contributed by atoms with van der Waals surface area (Å²) in [5.41, 5.74) is 2.37. The van der Waals surface area contributed by atoms with Crippen LogP contribution in [0.5, 0.6) is 5.75 Å². The van der Waals surface area contributed by atoms with Crippen LogP contribution in [0, 0.1) is 6.92 Å². The molecule has 0 bridgehead atoms. The number of anilines is 1. The van der Waals surface area contributed by atoms with Crippen LogP contribution in [0.15, 0.2) is 53.8 Å². The SMILES string of the molecule is C=CCOc1cccc([C@H]2CC(=O)Nc3c2c(C)nn3-c2ccc(=O)[nH]n2)c1. The van der Waals surface area contributed by atoms with Gasteiger partial charge in [-0.2, -0.15) is 14.9 Å². The summed E-state index contributed by atoms with van der Waals surface area (Å²) in [6.07, 6.45) is 1.99. The maximum absolute atomic E-state index is 12.4. The molecule has 1 atom stereocenters. The van der Waals surface area contributed by atoms with Gasteiger partial charge in [0.05, 0.1) is 5.69 Å². The molecule has 1 aliphatic heterocycles. The van der Waals surface area contributed by atoms with Gasteiger partial charge >= 0.3 is 0 Å². The number of rotatable bonds is 5. The van der Waals surface area contributed by atoms with E-state index in [0.29, 0.717) is 24.7 Å². The lowest BCUT2D eigenvalue weighted by Crippen LogP contribution is -2.25. The van der Waals surface area contributed by atoms with Crippen LogP contribution in [-0.4, -0.2) is 32.5 Å². The molecular formula is C20H19N5O3. The van der Waals surface area contributed by atoms with E-state index < -0.39 is 0 Å². The number of nitrogens with zero attached hydrogens (tertiary/aromatic N) is 3. The maximum atomic E-state index is 12.4. The van der Waals surface area contributed by atoms with Crippen molar-refractivity contribution in [2.75, 3.05) is 11.9 Å². The highest BCUT2D eigenvalue weighted by Crippen LogP contribution is 2.40. The van der Waals surface area contributed by atoms with Gasteiger partial charge in [0.15, 0.2) is 5.82 Å². The molecule has 0 radical (unpaired) electrons. The van der Waals surface area contributed by atoms with Crippen molar-refractivity contribution in [2.45, 2.75) is 19.3 Å². The first-order chi connectivity index (χ1) is 13.6. The first kappa shape index (κ1) is 17.7. The Morgan fingerprint density at radius 1 is 1.32 bits per heavy atom. The summed E-state index contributed by atoms with van der Waals surface area (Å²) in [4.78, 5) is 23.7. The lowest BCUT2D eigenvalue weighted by molar-refractivity contribution is -0.116. The van der Waals surface area contributed by atoms with Crippen molar-refractivity contribution in [2.24, 2.45) is 0 Å². The van der Waals surface area contributed by atoms with E-state index in [-0.39, 0.29) is 17.4 Å². The molecule has 1 aliphatic rings. The van der Waals surface area contributed by atoms with Crippen LogP contribution in [0.3, 0.4) is 0 Å². The van der Waals surface area contributed by atoms with Crippen molar-refractivity contribution in [3.8, 4) is 11.6 Å². The minimum atomic E-state index is -0.306. The molecule has 28 heavy (non-hydrogen) atoms. The largest absolute Gasteiger partial charge is 0.490 e. The molecule has 0 fully saturated rings. The van der Waals surface area contributed by atoms with Gasteiger partial charge in [-0.15, -0.1) is 0 Å². The van der Waals surface area contributed by atoms with Crippen molar-refractivity contribution >= 4 is 11.7 Å². The third-order valence-electron chi connectivity index (χ3n) is 4.61. The zero-order valence-corrected chi connectivity index (χ0v) is 15.3. The van der Waals surface area contributed by atoms with Gasteiger partial charge in [0.25, 0.3) is 5.56 Å². The van der Waals surface area contributed by atoms with Gasteiger partial charge in [-0.1, -0.05) is 24.8 Å². The summed E-state index contributed by atoms with van der Waals surface area (Å²) >= 11 is 0. The summed E-state index contributed by atoms with van der Waals surface area (Å²) < 4.78 is 7.18. The van der Waals surface area contributed by atoms with E-state index in [2.05, 4.69) is 27.2 Å². The summed E-state index contributed by atoms with van der Waals surface area (Å²) in [6, 6.07) is 10.6. The first-order valence-corrected chi connectivity index (χ1v) is 8.86. The van der Waals surface area contributed by atoms with Gasteiger partial charge in [-0.05, 0) is 30.7 Å². The molecule has 142 valence electrons. The smallest absolute Gasteiger partial charge is 0.264 e. The molecule has 1 aromatic carbocycles. The van der Waals surface area contributed by atoms with E-state index in [1.807, 2.05) is 31.2 Å². The molecule has 0 saturated carbocycles. The topological polar surface area (TPSA) is 102 Å². The fraction of sp³-hybridized carbons (Fsp3) is 0.200. The minimum absolute atomic E-state index is 0.111. The summed E-state index contributed by atoms with van der Waals surface area (Å²) in [5, 5.41) is 13.9. The molecule has 1 amide bonds. The third kappa shape index (κ3) is 3.20. The Morgan fingerprint density at radius 2 is 2.18 bits per heavy atom. The lowest BCUT2D eigenvalue weighted by Gasteiger charge is -2.24. The number of hydrogen-bond acceptors (Lipinski definition) is 5. The Hall–Kier alpha value is -3.68. The second-order valence-electron chi connectivity index (χ2n) is 6.52. The van der Waals surface area contributed by atoms with Gasteiger partial charge < -0.3 is 10.1 Å². The molecule has 4 rings (SSSR count). The number of aryl methyl sites for hydroxylation is 1. The van der Waals surface area contributed by atoms with E-state index in [0.717, 1.165) is 22.6 Å². The quantitative estimate of drug-likeness (QED) is 0.665. The summed E-state index contributed by atoms with van der Waals surface area (Å²) in [6.45, 7) is 5.96. The molecule has 2 N–H and O–H groups in total. The van der Waals surface area contributed by atoms with Crippen LogP contribution in [0.1, 0.15) is 29.2 Å². The van der Waals surface area contributed by atoms with Crippen LogP contribution in [0.2, 0.25) is 0 Å². The lowest BCUT2D eigenvalue weighted by atomic mass is 9.86. The Balaban J connectivity index is 1.79. The van der Waals surface area contributed by atoms with E-state index in [4.69, 9.17) is 4.74 Å². The minimum Gasteiger partial charge on any atom is -0.490 e. The molecule has 0 saturated heterocycles. The summed E-state index contributed by atoms with van der Waals surface area (Å²) in [7, 11) is 0. The number of fused-ring (bicyclic) bond motifs is 1. The normalized spacial score (nSPS) is 15.6. The van der Waals surface area contributed by atoms with Gasteiger partial charge in [-0.25, -0.2) is 5.10 Å². The van der Waals surface area contributed by atoms with Crippen molar-refractivity contribution < 1.29 is 9.53 Å². The monoisotopic (exact) mass is 377 g/mol. The van der Waals surface area contributed by atoms with Gasteiger partial charge in [0, 0.05) is 24.0 Å². The predicted molar refractivity (Wildman–Crippen MR) is 104 cm³/mol. The number of carbonyl (C=O) groups excluding carboxylic acids is 1. The number of carbonyl (C=O) groups is 1. The van der Waals surface area contributed by atoms with Crippen molar-refractivity contribution in [1.29, 1.82) is 0 Å². The van der Waals surface area contributed by atoms with Crippen LogP contribution >= 0.6 is 0 Å². The van der Waals surface area contributed by atoms with Crippen LogP contribution < -0.4 is 15.6 Å². The maximum Gasteiger partial charge on any atom is 0.264 e. The fourth-order valence-corrected chi connectivity index (χ4v) is 3.43. The number of benzene rings is 1. The third-order valence-corrected chi connectivity index (χ3v) is 4.61. The first-order valence-electron chi connectivity index (χ1n) is 8.86. The van der Waals surface area contributed by atoms with E-state index in [1.165, 1.54) is 6.07 Å². The molecule has 3 heterocycles. The van der Waals surface area contributed by atoms with Crippen molar-refractivity contribution in [3.05, 3.63) is 76.2 Å². The standard InChI is InChI=1S/C20H19N5O3/c1-3-9-28-14-6-4-5-13(10-14)15-11-18(27)21-20-19(15)12(2)24-25(20)16-7-8-17(26)23-22-16/h3-8,10,15H,1,9,11H2,2H3,(H,21,27)(H,23,26)/t15-/m1/s1. The number of H-pyrrole nitrogens is 1. The zero-order valence-electron chi connectivity index (χ0n) is 15.3. The molecule has 2 aromatic heterocycles. The van der Waals surface area contributed by atoms with E-state index in [1.54, 1.807) is 16.8 Å². The van der Waals surface area contributed by atoms with Gasteiger partial charge in [-0.3, -0.25) is 9.59 Å². The Kier molecular flexibility index (Phi) is 4.52. The highest BCUT2D eigenvalue weighted by molar-refractivity contribution is 5.95. The van der Waals surface area contributed by atoms with E-state index >= 15 is 0 Å². The average Bonchev–Trinajstić information content (AvgIpc) is 3.03. The fourth-order valence-electron chi connectivity index (χ4n) is 3.43. The molecule has 0 spiro atoms. The molecule has 8 nitrogen and oxygen atoms in total. The Morgan fingerprint density at radius 3 is 2.93 bits per heavy atom. The number of aromatic amines is 1. The second-order valence-corrected chi connectivity index (χ2v) is 6.52. The molecule has 0 aliphatic carbocycles. The van der Waals surface area contributed by atoms with Crippen LogP contribution in [-0.2, 0) is 4.79 Å². The molecule has 0 unspecified atom stereocenters. The number of ether oxygens (including phenoxy) is 1. The average molecular weight is 377 g/mol. The van der Waals surface area contributed by atoms with Gasteiger partial charge in [0.2, 0.25) is 5.91 Å². The zero-order chi connectivity index (χ0) is 19.7. The van der Waals surface area contributed by atoms with Gasteiger partial charge in [0.1, 0.15) is 18.2 Å². The Labute approximate surface area is 160 Å². The van der Waals surface area contributed by atoms with Crippen molar-refractivity contribution in [3.63, 3.8) is 0 Å².